The highest BCUT2D eigenvalue weighted by molar-refractivity contribution is 7.98. The summed E-state index contributed by atoms with van der Waals surface area (Å²) in [5.41, 5.74) is 0.886. The largest absolute Gasteiger partial charge is 0.422 e. The molecule has 0 aliphatic carbocycles. The Labute approximate surface area is 159 Å². The molecule has 0 bridgehead atoms. The number of esters is 1. The van der Waals surface area contributed by atoms with Gasteiger partial charge in [-0.25, -0.2) is 4.79 Å². The maximum Gasteiger partial charge on any atom is 0.353 e. The van der Waals surface area contributed by atoms with E-state index >= 15 is 0 Å². The average Bonchev–Trinajstić information content (AvgIpc) is 3.30. The smallest absolute Gasteiger partial charge is 0.353 e. The van der Waals surface area contributed by atoms with Crippen molar-refractivity contribution >= 4 is 35.3 Å². The number of benzene rings is 1. The first kappa shape index (κ1) is 18.3. The van der Waals surface area contributed by atoms with Gasteiger partial charge < -0.3 is 4.74 Å². The van der Waals surface area contributed by atoms with Crippen molar-refractivity contribution in [1.29, 1.82) is 0 Å². The lowest BCUT2D eigenvalue weighted by Crippen LogP contribution is -2.06. The third-order valence-electron chi connectivity index (χ3n) is 3.47. The van der Waals surface area contributed by atoms with Crippen molar-refractivity contribution in [2.24, 2.45) is 5.10 Å². The van der Waals surface area contributed by atoms with Crippen LogP contribution in [0.2, 0.25) is 0 Å². The molecule has 0 fully saturated rings. The number of hydrogen-bond donors (Lipinski definition) is 0. The number of thioether (sulfide) groups is 1. The normalized spacial score (nSPS) is 11.4. The first-order valence-corrected chi connectivity index (χ1v) is 10.1. The van der Waals surface area contributed by atoms with E-state index in [4.69, 9.17) is 4.74 Å². The summed E-state index contributed by atoms with van der Waals surface area (Å²) in [5, 5.41) is 15.4. The molecule has 2 heterocycles. The molecule has 6 nitrogen and oxygen atoms in total. The standard InChI is InChI=1S/C18H18N4O2S2/c1-12(2)16-20-21-18(25-3)22(16)19-11-13-6-8-14(9-7-13)24-17(23)15-5-4-10-26-15/h4-12H,1-3H3/b19-11-. The Morgan fingerprint density at radius 3 is 2.65 bits per heavy atom. The Kier molecular flexibility index (Phi) is 5.85. The second-order valence-electron chi connectivity index (χ2n) is 5.69. The van der Waals surface area contributed by atoms with Crippen molar-refractivity contribution in [2.75, 3.05) is 6.26 Å². The van der Waals surface area contributed by atoms with Crippen molar-refractivity contribution in [3.63, 3.8) is 0 Å². The molecule has 3 rings (SSSR count). The fraction of sp³-hybridized carbons (Fsp3) is 0.222. The van der Waals surface area contributed by atoms with Crippen LogP contribution in [0.1, 0.15) is 40.8 Å². The molecule has 3 aromatic rings. The second-order valence-corrected chi connectivity index (χ2v) is 7.41. The van der Waals surface area contributed by atoms with E-state index in [0.717, 1.165) is 16.5 Å². The van der Waals surface area contributed by atoms with Crippen LogP contribution in [0.3, 0.4) is 0 Å². The molecule has 0 atom stereocenters. The summed E-state index contributed by atoms with van der Waals surface area (Å²) in [7, 11) is 0. The molecule has 1 aromatic carbocycles. The lowest BCUT2D eigenvalue weighted by Gasteiger charge is -2.05. The van der Waals surface area contributed by atoms with Crippen LogP contribution in [-0.2, 0) is 0 Å². The summed E-state index contributed by atoms with van der Waals surface area (Å²) < 4.78 is 7.10. The molecule has 0 saturated carbocycles. The lowest BCUT2D eigenvalue weighted by molar-refractivity contribution is 0.0740. The van der Waals surface area contributed by atoms with Crippen LogP contribution in [0.4, 0.5) is 0 Å². The fourth-order valence-corrected chi connectivity index (χ4v) is 3.21. The maximum atomic E-state index is 12.0. The third kappa shape index (κ3) is 4.20. The summed E-state index contributed by atoms with van der Waals surface area (Å²) in [4.78, 5) is 12.5. The Hall–Kier alpha value is -2.45. The molecule has 134 valence electrons. The highest BCUT2D eigenvalue weighted by Crippen LogP contribution is 2.20. The monoisotopic (exact) mass is 386 g/mol. The van der Waals surface area contributed by atoms with E-state index in [9.17, 15) is 4.79 Å². The van der Waals surface area contributed by atoms with Crippen LogP contribution in [-0.4, -0.2) is 33.3 Å². The first-order chi connectivity index (χ1) is 12.6. The molecule has 26 heavy (non-hydrogen) atoms. The number of carbonyl (C=O) groups is 1. The van der Waals surface area contributed by atoms with E-state index in [2.05, 4.69) is 29.1 Å². The summed E-state index contributed by atoms with van der Waals surface area (Å²) in [6.45, 7) is 4.10. The molecule has 0 N–H and O–H groups in total. The van der Waals surface area contributed by atoms with Gasteiger partial charge in [0.05, 0.1) is 6.21 Å². The quantitative estimate of drug-likeness (QED) is 0.274. The number of carbonyl (C=O) groups excluding carboxylic acids is 1. The highest BCUT2D eigenvalue weighted by atomic mass is 32.2. The molecule has 0 spiro atoms. The molecule has 0 unspecified atom stereocenters. The molecule has 0 saturated heterocycles. The van der Waals surface area contributed by atoms with Crippen LogP contribution in [0.5, 0.6) is 5.75 Å². The molecular weight excluding hydrogens is 368 g/mol. The number of ether oxygens (including phenoxy) is 1. The number of nitrogens with zero attached hydrogens (tertiary/aromatic N) is 4. The van der Waals surface area contributed by atoms with Gasteiger partial charge in [-0.2, -0.15) is 9.78 Å². The van der Waals surface area contributed by atoms with Crippen LogP contribution in [0.25, 0.3) is 0 Å². The van der Waals surface area contributed by atoms with Crippen LogP contribution in [0.15, 0.2) is 52.0 Å². The minimum atomic E-state index is -0.350. The number of hydrogen-bond acceptors (Lipinski definition) is 7. The van der Waals surface area contributed by atoms with Gasteiger partial charge in [-0.15, -0.1) is 21.5 Å². The van der Waals surface area contributed by atoms with E-state index in [1.807, 2.05) is 29.8 Å². The first-order valence-electron chi connectivity index (χ1n) is 7.98. The van der Waals surface area contributed by atoms with E-state index < -0.39 is 0 Å². The maximum absolute atomic E-state index is 12.0. The van der Waals surface area contributed by atoms with Gasteiger partial charge in [-0.1, -0.05) is 31.7 Å². The lowest BCUT2D eigenvalue weighted by atomic mass is 10.2. The molecule has 2 aromatic heterocycles. The second kappa shape index (κ2) is 8.29. The summed E-state index contributed by atoms with van der Waals surface area (Å²) in [5.74, 6) is 1.18. The van der Waals surface area contributed by atoms with Crippen molar-refractivity contribution in [3.8, 4) is 5.75 Å². The van der Waals surface area contributed by atoms with Gasteiger partial charge in [0.1, 0.15) is 10.6 Å². The minimum Gasteiger partial charge on any atom is -0.422 e. The zero-order valence-electron chi connectivity index (χ0n) is 14.6. The number of thiophene rings is 1. The SMILES string of the molecule is CSc1nnc(C(C)C)n1/N=C\c1ccc(OC(=O)c2cccs2)cc1. The summed E-state index contributed by atoms with van der Waals surface area (Å²) >= 11 is 2.85. The Morgan fingerprint density at radius 1 is 1.27 bits per heavy atom. The Morgan fingerprint density at radius 2 is 2.04 bits per heavy atom. The summed E-state index contributed by atoms with van der Waals surface area (Å²) in [6.07, 6.45) is 3.68. The van der Waals surface area contributed by atoms with Gasteiger partial charge in [-0.3, -0.25) is 0 Å². The highest BCUT2D eigenvalue weighted by Gasteiger charge is 2.13. The van der Waals surface area contributed by atoms with E-state index in [0.29, 0.717) is 10.6 Å². The van der Waals surface area contributed by atoms with Crippen molar-refractivity contribution in [1.82, 2.24) is 14.9 Å². The van der Waals surface area contributed by atoms with Crippen LogP contribution >= 0.6 is 23.1 Å². The van der Waals surface area contributed by atoms with Crippen molar-refractivity contribution in [2.45, 2.75) is 24.9 Å². The van der Waals surface area contributed by atoms with Crippen LogP contribution in [0, 0.1) is 0 Å². The van der Waals surface area contributed by atoms with Gasteiger partial charge in [-0.05, 0) is 47.5 Å². The molecular formula is C18H18N4O2S2. The Bertz CT molecular complexity index is 900. The van der Waals surface area contributed by atoms with Gasteiger partial charge in [0.15, 0.2) is 5.82 Å². The van der Waals surface area contributed by atoms with Crippen molar-refractivity contribution in [3.05, 3.63) is 58.0 Å². The van der Waals surface area contributed by atoms with Gasteiger partial charge in [0.2, 0.25) is 5.16 Å². The molecule has 0 radical (unpaired) electrons. The minimum absolute atomic E-state index is 0.222. The van der Waals surface area contributed by atoms with Gasteiger partial charge in [0, 0.05) is 5.92 Å². The number of aromatic nitrogens is 3. The predicted octanol–water partition coefficient (Wildman–Crippen LogP) is 4.29. The topological polar surface area (TPSA) is 69.4 Å². The van der Waals surface area contributed by atoms with E-state index in [-0.39, 0.29) is 11.9 Å². The third-order valence-corrected chi connectivity index (χ3v) is 4.94. The van der Waals surface area contributed by atoms with Crippen LogP contribution < -0.4 is 4.74 Å². The van der Waals surface area contributed by atoms with E-state index in [1.54, 1.807) is 29.1 Å². The zero-order chi connectivity index (χ0) is 18.5. The van der Waals surface area contributed by atoms with Gasteiger partial charge in [0.25, 0.3) is 0 Å². The average molecular weight is 387 g/mol. The zero-order valence-corrected chi connectivity index (χ0v) is 16.3. The summed E-state index contributed by atoms with van der Waals surface area (Å²) in [6, 6.07) is 10.7. The molecule has 0 aliphatic heterocycles. The molecule has 8 heteroatoms. The number of rotatable bonds is 6. The van der Waals surface area contributed by atoms with E-state index in [1.165, 1.54) is 23.1 Å². The van der Waals surface area contributed by atoms with Crippen molar-refractivity contribution < 1.29 is 9.53 Å². The predicted molar refractivity (Wildman–Crippen MR) is 105 cm³/mol. The Balaban J connectivity index is 1.73. The molecule has 0 aliphatic rings. The van der Waals surface area contributed by atoms with Gasteiger partial charge >= 0.3 is 5.97 Å². The fourth-order valence-electron chi connectivity index (χ4n) is 2.17. The molecule has 0 amide bonds.